The Hall–Kier alpha value is -2.99. The molecule has 0 bridgehead atoms. The molecule has 0 aliphatic carbocycles. The van der Waals surface area contributed by atoms with Crippen molar-refractivity contribution in [2.45, 2.75) is 24.3 Å². The van der Waals surface area contributed by atoms with Crippen LogP contribution in [-0.2, 0) is 21.3 Å². The van der Waals surface area contributed by atoms with Crippen LogP contribution in [0.1, 0.15) is 12.5 Å². The highest BCUT2D eigenvalue weighted by Gasteiger charge is 2.30. The van der Waals surface area contributed by atoms with Crippen molar-refractivity contribution in [2.75, 3.05) is 24.8 Å². The fraction of sp³-hybridized carbons (Fsp3) is 0.238. The van der Waals surface area contributed by atoms with Gasteiger partial charge >= 0.3 is 0 Å². The van der Waals surface area contributed by atoms with E-state index in [1.54, 1.807) is 25.1 Å². The number of aromatic hydroxyl groups is 1. The third-order valence-corrected chi connectivity index (χ3v) is 7.16. The summed E-state index contributed by atoms with van der Waals surface area (Å²) >= 11 is 5.99. The van der Waals surface area contributed by atoms with Gasteiger partial charge in [-0.15, -0.1) is 0 Å². The molecule has 3 aromatic carbocycles. The van der Waals surface area contributed by atoms with Gasteiger partial charge in [0.2, 0.25) is 0 Å². The Bertz CT molecular complexity index is 1370. The van der Waals surface area contributed by atoms with E-state index in [1.165, 1.54) is 18.2 Å². The van der Waals surface area contributed by atoms with Crippen LogP contribution in [0, 0.1) is 5.82 Å². The van der Waals surface area contributed by atoms with Crippen LogP contribution in [0.15, 0.2) is 50.9 Å². The zero-order valence-electron chi connectivity index (χ0n) is 17.8. The molecule has 33 heavy (non-hydrogen) atoms. The first-order chi connectivity index (χ1) is 15.5. The number of phenols is 1. The molecular formula is C21H21ClFN3O6S. The number of benzene rings is 2. The van der Waals surface area contributed by atoms with E-state index in [2.05, 4.69) is 10.6 Å². The van der Waals surface area contributed by atoms with E-state index in [0.29, 0.717) is 10.0 Å². The second-order valence-electron chi connectivity index (χ2n) is 7.24. The lowest BCUT2D eigenvalue weighted by Crippen LogP contribution is -2.39. The Kier molecular flexibility index (Phi) is 7.08. The van der Waals surface area contributed by atoms with E-state index in [1.807, 2.05) is 0 Å². The third-order valence-electron chi connectivity index (χ3n) is 4.98. The van der Waals surface area contributed by atoms with Gasteiger partial charge in [-0.3, -0.25) is 14.4 Å². The van der Waals surface area contributed by atoms with Gasteiger partial charge in [0.25, 0.3) is 20.9 Å². The molecule has 1 atom stereocenters. The number of phenolic OH excluding ortho intramolecular Hbond substituents is 1. The molecule has 0 saturated carbocycles. The van der Waals surface area contributed by atoms with Crippen LogP contribution in [0.2, 0.25) is 5.02 Å². The number of hydrogen-bond donors (Lipinski definition) is 3. The molecule has 0 aliphatic heterocycles. The molecule has 0 amide bonds. The summed E-state index contributed by atoms with van der Waals surface area (Å²) in [4.78, 5) is 28.3. The maximum absolute atomic E-state index is 13.9. The van der Waals surface area contributed by atoms with E-state index in [-0.39, 0.29) is 28.5 Å². The molecule has 0 heterocycles. The average molecular weight is 498 g/mol. The van der Waals surface area contributed by atoms with Crippen molar-refractivity contribution in [3.05, 3.63) is 73.2 Å². The van der Waals surface area contributed by atoms with Crippen LogP contribution in [0.4, 0.5) is 21.5 Å². The van der Waals surface area contributed by atoms with Gasteiger partial charge in [-0.25, -0.2) is 12.8 Å². The summed E-state index contributed by atoms with van der Waals surface area (Å²) in [5.74, 6) is -1.15. The summed E-state index contributed by atoms with van der Waals surface area (Å²) in [5, 5.41) is 15.8. The number of nitrogens with zero attached hydrogens (tertiary/aromatic N) is 1. The van der Waals surface area contributed by atoms with Crippen molar-refractivity contribution < 1.29 is 22.8 Å². The van der Waals surface area contributed by atoms with Crippen molar-refractivity contribution in [3.63, 3.8) is 0 Å². The first kappa shape index (κ1) is 24.6. The summed E-state index contributed by atoms with van der Waals surface area (Å²) in [5.41, 5.74) is -1.61. The summed E-state index contributed by atoms with van der Waals surface area (Å²) < 4.78 is 39.6. The normalized spacial score (nSPS) is 12.8. The summed E-state index contributed by atoms with van der Waals surface area (Å²) in [6.07, 6.45) is 0.239. The molecule has 0 spiro atoms. The van der Waals surface area contributed by atoms with Gasteiger partial charge < -0.3 is 15.7 Å². The maximum atomic E-state index is 13.9. The number of halogens is 2. The van der Waals surface area contributed by atoms with Crippen molar-refractivity contribution >= 4 is 38.7 Å². The molecule has 12 heteroatoms. The maximum Gasteiger partial charge on any atom is 0.269 e. The highest BCUT2D eigenvalue weighted by Crippen LogP contribution is 2.39. The van der Waals surface area contributed by atoms with Crippen LogP contribution < -0.4 is 21.5 Å². The van der Waals surface area contributed by atoms with Crippen molar-refractivity contribution in [1.82, 2.24) is 4.47 Å². The Labute approximate surface area is 194 Å². The van der Waals surface area contributed by atoms with E-state index in [0.717, 1.165) is 14.2 Å². The Morgan fingerprint density at radius 1 is 1.15 bits per heavy atom. The number of hydrogen-bond acceptors (Lipinski definition) is 8. The number of rotatable bonds is 9. The van der Waals surface area contributed by atoms with Gasteiger partial charge in [-0.05, 0) is 37.1 Å². The van der Waals surface area contributed by atoms with Crippen molar-refractivity contribution in [2.24, 2.45) is 0 Å². The van der Waals surface area contributed by atoms with Gasteiger partial charge in [0.1, 0.15) is 22.1 Å². The Balaban J connectivity index is 1.90. The SMILES string of the molecule is CON(C)S(=O)(=O)c1c(Cl)ccc(Nc2c(N[C@@H](C)Cc3ccccc3F)c(=O)c2=O)c1O. The van der Waals surface area contributed by atoms with Crippen LogP contribution >= 0.6 is 11.6 Å². The fourth-order valence-corrected chi connectivity index (χ4v) is 4.76. The molecule has 3 N–H and O–H groups in total. The quantitative estimate of drug-likeness (QED) is 0.234. The zero-order valence-corrected chi connectivity index (χ0v) is 19.4. The molecule has 0 aromatic heterocycles. The Morgan fingerprint density at radius 3 is 2.42 bits per heavy atom. The standard InChI is InChI=1S/C21H21ClFN3O6S/c1-11(10-12-6-4-5-7-14(12)23)24-16-17(20(29)19(16)28)25-15-9-8-13(22)21(18(15)27)33(30,31)26(2)32-3/h4-9,11,24-25,27H,10H2,1-3H3/t11-/m0/s1. The van der Waals surface area contributed by atoms with E-state index in [4.69, 9.17) is 16.4 Å². The number of sulfonamides is 1. The lowest BCUT2D eigenvalue weighted by atomic mass is 10.1. The molecule has 0 unspecified atom stereocenters. The van der Waals surface area contributed by atoms with Gasteiger partial charge in [-0.2, -0.15) is 0 Å². The molecule has 0 saturated heterocycles. The molecule has 3 aromatic rings. The first-order valence-electron chi connectivity index (χ1n) is 9.63. The molecule has 9 nitrogen and oxygen atoms in total. The first-order valence-corrected chi connectivity index (χ1v) is 11.5. The number of hydroxylamine groups is 1. The van der Waals surface area contributed by atoms with Crippen molar-refractivity contribution in [1.29, 1.82) is 0 Å². The predicted molar refractivity (Wildman–Crippen MR) is 123 cm³/mol. The van der Waals surface area contributed by atoms with Gasteiger partial charge in [0.15, 0.2) is 5.75 Å². The average Bonchev–Trinajstić information content (AvgIpc) is 2.77. The molecule has 0 fully saturated rings. The fourth-order valence-electron chi connectivity index (χ4n) is 3.19. The third kappa shape index (κ3) is 4.71. The van der Waals surface area contributed by atoms with Gasteiger partial charge in [0.05, 0.1) is 17.8 Å². The zero-order chi connectivity index (χ0) is 24.5. The molecular weight excluding hydrogens is 477 g/mol. The lowest BCUT2D eigenvalue weighted by molar-refractivity contribution is -0.0259. The highest BCUT2D eigenvalue weighted by molar-refractivity contribution is 7.89. The topological polar surface area (TPSA) is 125 Å². The number of anilines is 3. The van der Waals surface area contributed by atoms with E-state index < -0.39 is 43.4 Å². The van der Waals surface area contributed by atoms with Crippen LogP contribution in [-0.4, -0.2) is 38.2 Å². The number of nitrogens with one attached hydrogen (secondary N) is 2. The van der Waals surface area contributed by atoms with E-state index >= 15 is 0 Å². The Morgan fingerprint density at radius 2 is 1.79 bits per heavy atom. The van der Waals surface area contributed by atoms with Crippen LogP contribution in [0.25, 0.3) is 0 Å². The second-order valence-corrected chi connectivity index (χ2v) is 9.52. The van der Waals surface area contributed by atoms with Crippen molar-refractivity contribution in [3.8, 4) is 5.75 Å². The molecule has 0 radical (unpaired) electrons. The largest absolute Gasteiger partial charge is 0.504 e. The second kappa shape index (κ2) is 9.48. The minimum atomic E-state index is -4.32. The van der Waals surface area contributed by atoms with E-state index in [9.17, 15) is 27.5 Å². The molecule has 0 aliphatic rings. The monoisotopic (exact) mass is 497 g/mol. The molecule has 3 rings (SSSR count). The van der Waals surface area contributed by atoms with Gasteiger partial charge in [0, 0.05) is 13.1 Å². The minimum absolute atomic E-state index is 0.0587. The lowest BCUT2D eigenvalue weighted by Gasteiger charge is -2.21. The smallest absolute Gasteiger partial charge is 0.269 e. The predicted octanol–water partition coefficient (Wildman–Crippen LogP) is 2.75. The highest BCUT2D eigenvalue weighted by atomic mass is 35.5. The summed E-state index contributed by atoms with van der Waals surface area (Å²) in [6, 6.07) is 8.22. The van der Waals surface area contributed by atoms with Crippen LogP contribution in [0.5, 0.6) is 5.75 Å². The minimum Gasteiger partial charge on any atom is -0.504 e. The summed E-state index contributed by atoms with van der Waals surface area (Å²) in [6.45, 7) is 1.71. The van der Waals surface area contributed by atoms with Gasteiger partial charge in [-0.1, -0.05) is 34.3 Å². The molecule has 176 valence electrons. The summed E-state index contributed by atoms with van der Waals surface area (Å²) in [7, 11) is -2.09. The van der Waals surface area contributed by atoms with Crippen LogP contribution in [0.3, 0.4) is 0 Å².